The number of hydrogen-bond donors (Lipinski definition) is 0. The first-order valence-corrected chi connectivity index (χ1v) is 6.88. The molecule has 0 radical (unpaired) electrons. The van der Waals surface area contributed by atoms with Gasteiger partial charge in [-0.15, -0.1) is 11.3 Å². The number of hydrogen-bond acceptors (Lipinski definition) is 4. The van der Waals surface area contributed by atoms with Gasteiger partial charge in [-0.2, -0.15) is 0 Å². The predicted octanol–water partition coefficient (Wildman–Crippen LogP) is 2.90. The van der Waals surface area contributed by atoms with Crippen LogP contribution in [-0.2, 0) is 16.1 Å². The van der Waals surface area contributed by atoms with E-state index < -0.39 is 0 Å². The molecule has 1 heterocycles. The molecule has 0 atom stereocenters. The number of carbonyl (C=O) groups is 1. The molecule has 2 aromatic rings. The number of thiophene rings is 1. The summed E-state index contributed by atoms with van der Waals surface area (Å²) in [4.78, 5) is 13.4. The molecule has 1 aromatic heterocycles. The maximum Gasteiger partial charge on any atom is 0.320 e. The van der Waals surface area contributed by atoms with E-state index in [1.807, 2.05) is 31.0 Å². The number of benzene rings is 1. The summed E-state index contributed by atoms with van der Waals surface area (Å²) in [6.07, 6.45) is 0. The summed E-state index contributed by atoms with van der Waals surface area (Å²) >= 11 is 1.74. The molecule has 4 heteroatoms. The highest BCUT2D eigenvalue weighted by atomic mass is 32.1. The zero-order valence-electron chi connectivity index (χ0n) is 10.7. The van der Waals surface area contributed by atoms with Crippen LogP contribution in [0.15, 0.2) is 29.6 Å². The topological polar surface area (TPSA) is 29.5 Å². The lowest BCUT2D eigenvalue weighted by Gasteiger charge is -2.14. The number of esters is 1. The molecule has 1 aromatic carbocycles. The molecule has 0 unspecified atom stereocenters. The Balaban J connectivity index is 2.03. The van der Waals surface area contributed by atoms with Gasteiger partial charge in [-0.25, -0.2) is 0 Å². The van der Waals surface area contributed by atoms with E-state index in [9.17, 15) is 4.79 Å². The van der Waals surface area contributed by atoms with Crippen LogP contribution < -0.4 is 0 Å². The molecule has 0 saturated heterocycles. The molecule has 96 valence electrons. The van der Waals surface area contributed by atoms with E-state index in [2.05, 4.69) is 17.5 Å². The Hall–Kier alpha value is -1.39. The molecule has 0 saturated carbocycles. The number of likely N-dealkylation sites (N-methyl/N-ethyl adjacent to an activating group) is 1. The van der Waals surface area contributed by atoms with Crippen LogP contribution in [0.1, 0.15) is 12.5 Å². The Kier molecular flexibility index (Phi) is 4.33. The monoisotopic (exact) mass is 263 g/mol. The lowest BCUT2D eigenvalue weighted by atomic mass is 10.2. The molecule has 0 amide bonds. The highest BCUT2D eigenvalue weighted by Gasteiger charge is 2.10. The Labute approximate surface area is 111 Å². The van der Waals surface area contributed by atoms with Crippen molar-refractivity contribution in [2.75, 3.05) is 20.2 Å². The van der Waals surface area contributed by atoms with Crippen molar-refractivity contribution in [3.05, 3.63) is 35.2 Å². The molecule has 0 aliphatic rings. The van der Waals surface area contributed by atoms with E-state index >= 15 is 0 Å². The first-order valence-electron chi connectivity index (χ1n) is 6.00. The molecular formula is C14H17NO2S. The van der Waals surface area contributed by atoms with Crippen molar-refractivity contribution in [3.63, 3.8) is 0 Å². The normalized spacial score (nSPS) is 11.1. The van der Waals surface area contributed by atoms with Gasteiger partial charge >= 0.3 is 5.97 Å². The number of ether oxygens (including phenoxy) is 1. The third-order valence-corrected chi connectivity index (χ3v) is 3.72. The quantitative estimate of drug-likeness (QED) is 0.777. The van der Waals surface area contributed by atoms with Crippen LogP contribution in [0.25, 0.3) is 10.1 Å². The van der Waals surface area contributed by atoms with E-state index in [0.717, 1.165) is 6.54 Å². The summed E-state index contributed by atoms with van der Waals surface area (Å²) in [6, 6.07) is 8.34. The van der Waals surface area contributed by atoms with Gasteiger partial charge in [0.2, 0.25) is 0 Å². The van der Waals surface area contributed by atoms with Crippen LogP contribution >= 0.6 is 11.3 Å². The molecule has 0 bridgehead atoms. The summed E-state index contributed by atoms with van der Waals surface area (Å²) in [5.74, 6) is -0.167. The summed E-state index contributed by atoms with van der Waals surface area (Å²) in [7, 11) is 1.93. The van der Waals surface area contributed by atoms with Gasteiger partial charge in [0.25, 0.3) is 0 Å². The average molecular weight is 263 g/mol. The van der Waals surface area contributed by atoms with Crippen LogP contribution in [0.5, 0.6) is 0 Å². The van der Waals surface area contributed by atoms with Gasteiger partial charge in [0.1, 0.15) is 0 Å². The minimum atomic E-state index is -0.167. The fourth-order valence-electron chi connectivity index (χ4n) is 1.93. The summed E-state index contributed by atoms with van der Waals surface area (Å²) in [6.45, 7) is 3.36. The lowest BCUT2D eigenvalue weighted by Crippen LogP contribution is -2.26. The predicted molar refractivity (Wildman–Crippen MR) is 74.8 cm³/mol. The van der Waals surface area contributed by atoms with Gasteiger partial charge in [-0.1, -0.05) is 18.2 Å². The molecule has 0 spiro atoms. The average Bonchev–Trinajstić information content (AvgIpc) is 2.73. The largest absolute Gasteiger partial charge is 0.465 e. The number of nitrogens with zero attached hydrogens (tertiary/aromatic N) is 1. The molecule has 3 nitrogen and oxygen atoms in total. The first kappa shape index (κ1) is 13.1. The third kappa shape index (κ3) is 3.09. The van der Waals surface area contributed by atoms with Crippen molar-refractivity contribution in [3.8, 4) is 0 Å². The van der Waals surface area contributed by atoms with Crippen molar-refractivity contribution >= 4 is 27.4 Å². The van der Waals surface area contributed by atoms with E-state index in [-0.39, 0.29) is 5.97 Å². The molecular weight excluding hydrogens is 246 g/mol. The Morgan fingerprint density at radius 2 is 2.17 bits per heavy atom. The fraction of sp³-hybridized carbons (Fsp3) is 0.357. The number of carbonyl (C=O) groups excluding carboxylic acids is 1. The van der Waals surface area contributed by atoms with E-state index in [4.69, 9.17) is 4.74 Å². The second kappa shape index (κ2) is 5.98. The SMILES string of the molecule is CCOC(=O)CN(C)Cc1csc2ccccc12. The summed E-state index contributed by atoms with van der Waals surface area (Å²) in [5, 5.41) is 3.44. The van der Waals surface area contributed by atoms with Crippen LogP contribution in [-0.4, -0.2) is 31.1 Å². The minimum absolute atomic E-state index is 0.167. The lowest BCUT2D eigenvalue weighted by molar-refractivity contribution is -0.144. The third-order valence-electron chi connectivity index (χ3n) is 2.71. The van der Waals surface area contributed by atoms with E-state index in [1.165, 1.54) is 15.6 Å². The van der Waals surface area contributed by atoms with E-state index in [1.54, 1.807) is 11.3 Å². The smallest absolute Gasteiger partial charge is 0.320 e. The Morgan fingerprint density at radius 3 is 2.94 bits per heavy atom. The number of rotatable bonds is 5. The molecule has 0 aliphatic carbocycles. The molecule has 18 heavy (non-hydrogen) atoms. The summed E-state index contributed by atoms with van der Waals surface area (Å²) < 4.78 is 6.23. The summed E-state index contributed by atoms with van der Waals surface area (Å²) in [5.41, 5.74) is 1.27. The highest BCUT2D eigenvalue weighted by molar-refractivity contribution is 7.17. The Morgan fingerprint density at radius 1 is 1.39 bits per heavy atom. The van der Waals surface area contributed by atoms with Gasteiger partial charge in [0.05, 0.1) is 13.2 Å². The van der Waals surface area contributed by atoms with Crippen molar-refractivity contribution in [2.45, 2.75) is 13.5 Å². The second-order valence-corrected chi connectivity index (χ2v) is 5.15. The molecule has 0 aliphatic heterocycles. The highest BCUT2D eigenvalue weighted by Crippen LogP contribution is 2.26. The van der Waals surface area contributed by atoms with Crippen LogP contribution in [0.3, 0.4) is 0 Å². The van der Waals surface area contributed by atoms with Crippen LogP contribution in [0, 0.1) is 0 Å². The van der Waals surface area contributed by atoms with Crippen molar-refractivity contribution in [1.82, 2.24) is 4.90 Å². The Bertz CT molecular complexity index is 535. The van der Waals surface area contributed by atoms with Crippen molar-refractivity contribution in [2.24, 2.45) is 0 Å². The fourth-order valence-corrected chi connectivity index (χ4v) is 2.88. The van der Waals surface area contributed by atoms with Gasteiger partial charge < -0.3 is 4.74 Å². The van der Waals surface area contributed by atoms with Crippen molar-refractivity contribution in [1.29, 1.82) is 0 Å². The van der Waals surface area contributed by atoms with E-state index in [0.29, 0.717) is 13.2 Å². The molecule has 2 rings (SSSR count). The van der Waals surface area contributed by atoms with Gasteiger partial charge in [-0.3, -0.25) is 9.69 Å². The van der Waals surface area contributed by atoms with Crippen molar-refractivity contribution < 1.29 is 9.53 Å². The molecule has 0 fully saturated rings. The zero-order chi connectivity index (χ0) is 13.0. The maximum atomic E-state index is 11.4. The standard InChI is InChI=1S/C14H17NO2S/c1-3-17-14(16)9-15(2)8-11-10-18-13-7-5-4-6-12(11)13/h4-7,10H,3,8-9H2,1-2H3. The van der Waals surface area contributed by atoms with Gasteiger partial charge in [0, 0.05) is 11.2 Å². The van der Waals surface area contributed by atoms with Gasteiger partial charge in [0.15, 0.2) is 0 Å². The minimum Gasteiger partial charge on any atom is -0.465 e. The zero-order valence-corrected chi connectivity index (χ0v) is 11.5. The number of fused-ring (bicyclic) bond motifs is 1. The van der Waals surface area contributed by atoms with Gasteiger partial charge in [-0.05, 0) is 36.4 Å². The molecule has 0 N–H and O–H groups in total. The first-order chi connectivity index (χ1) is 8.70. The van der Waals surface area contributed by atoms with Crippen LogP contribution in [0.4, 0.5) is 0 Å². The second-order valence-electron chi connectivity index (χ2n) is 4.23. The van der Waals surface area contributed by atoms with Crippen LogP contribution in [0.2, 0.25) is 0 Å². The maximum absolute atomic E-state index is 11.4.